The van der Waals surface area contributed by atoms with Crippen LogP contribution in [-0.4, -0.2) is 12.2 Å². The van der Waals surface area contributed by atoms with E-state index in [1.165, 1.54) is 38.7 Å². The highest BCUT2D eigenvalue weighted by atomic mass is 32.2. The van der Waals surface area contributed by atoms with E-state index < -0.39 is 0 Å². The van der Waals surface area contributed by atoms with Crippen molar-refractivity contribution in [1.82, 2.24) is 0 Å². The van der Waals surface area contributed by atoms with Crippen molar-refractivity contribution in [2.75, 3.05) is 0 Å². The predicted molar refractivity (Wildman–Crippen MR) is 159 cm³/mol. The minimum atomic E-state index is 0.485. The summed E-state index contributed by atoms with van der Waals surface area (Å²) in [5, 5.41) is 7.34. The molecule has 0 bridgehead atoms. The number of nitrogens with zero attached hydrogens (tertiary/aromatic N) is 2. The maximum absolute atomic E-state index is 6.08. The molecule has 7 rings (SSSR count). The fourth-order valence-corrected chi connectivity index (χ4v) is 6.18. The third-order valence-corrected chi connectivity index (χ3v) is 8.00. The molecule has 6 aromatic carbocycles. The van der Waals surface area contributed by atoms with Gasteiger partial charge < -0.3 is 10.5 Å². The Morgan fingerprint density at radius 3 is 2.03 bits per heavy atom. The van der Waals surface area contributed by atoms with E-state index in [1.54, 1.807) is 11.8 Å². The van der Waals surface area contributed by atoms with Gasteiger partial charge in [0.25, 0.3) is 0 Å². The minimum Gasteiger partial charge on any atom is -0.455 e. The Hall–Kier alpha value is -4.61. The van der Waals surface area contributed by atoms with Gasteiger partial charge in [-0.1, -0.05) is 90.6 Å². The van der Waals surface area contributed by atoms with Crippen molar-refractivity contribution >= 4 is 56.3 Å². The number of hydrogen-bond donors (Lipinski definition) is 1. The zero-order valence-corrected chi connectivity index (χ0v) is 21.3. The highest BCUT2D eigenvalue weighted by Crippen LogP contribution is 2.47. The van der Waals surface area contributed by atoms with Gasteiger partial charge in [0.15, 0.2) is 5.84 Å². The van der Waals surface area contributed by atoms with Crippen LogP contribution in [0.1, 0.15) is 11.1 Å². The molecule has 0 amide bonds. The number of rotatable bonds is 3. The summed E-state index contributed by atoms with van der Waals surface area (Å²) in [5.74, 6) is 2.38. The molecule has 0 spiro atoms. The molecular weight excluding hydrogens is 486 g/mol. The number of fused-ring (bicyclic) bond motifs is 8. The van der Waals surface area contributed by atoms with E-state index in [9.17, 15) is 0 Å². The molecule has 38 heavy (non-hydrogen) atoms. The largest absolute Gasteiger partial charge is 0.455 e. The molecule has 1 aliphatic rings. The van der Waals surface area contributed by atoms with Gasteiger partial charge in [0, 0.05) is 5.56 Å². The fourth-order valence-electron chi connectivity index (χ4n) is 5.16. The summed E-state index contributed by atoms with van der Waals surface area (Å²) in [6, 6.07) is 37.9. The molecule has 6 aromatic rings. The Balaban J connectivity index is 1.28. The third-order valence-electron chi connectivity index (χ3n) is 6.91. The number of aliphatic imine (C=N–C) groups is 2. The van der Waals surface area contributed by atoms with E-state index in [0.717, 1.165) is 32.4 Å². The molecule has 1 heterocycles. The first kappa shape index (κ1) is 22.6. The molecule has 182 valence electrons. The molecule has 0 atom stereocenters. The topological polar surface area (TPSA) is 60.0 Å². The first-order chi connectivity index (χ1) is 18.8. The molecule has 0 saturated heterocycles. The molecule has 0 aliphatic carbocycles. The molecule has 0 saturated carbocycles. The van der Waals surface area contributed by atoms with Crippen LogP contribution in [0.2, 0.25) is 0 Å². The molecular formula is C33H23N3OS. The first-order valence-electron chi connectivity index (χ1n) is 12.5. The zero-order valence-electron chi connectivity index (χ0n) is 20.5. The van der Waals surface area contributed by atoms with Crippen LogP contribution in [-0.2, 0) is 6.54 Å². The summed E-state index contributed by atoms with van der Waals surface area (Å²) in [6.45, 7) is 0.485. The molecule has 2 N–H and O–H groups in total. The van der Waals surface area contributed by atoms with Crippen LogP contribution in [0.4, 0.5) is 0 Å². The van der Waals surface area contributed by atoms with Crippen molar-refractivity contribution in [3.05, 3.63) is 120 Å². The van der Waals surface area contributed by atoms with Crippen molar-refractivity contribution in [2.45, 2.75) is 16.3 Å². The average Bonchev–Trinajstić information content (AvgIpc) is 2.98. The van der Waals surface area contributed by atoms with E-state index in [2.05, 4.69) is 89.9 Å². The maximum atomic E-state index is 6.08. The summed E-state index contributed by atoms with van der Waals surface area (Å²) in [6.07, 6.45) is 1.31. The number of amidine groups is 1. The summed E-state index contributed by atoms with van der Waals surface area (Å²) >= 11 is 1.72. The monoisotopic (exact) mass is 509 g/mol. The number of nitrogens with two attached hydrogens (primary N) is 1. The molecule has 0 radical (unpaired) electrons. The van der Waals surface area contributed by atoms with Gasteiger partial charge in [-0.25, -0.2) is 4.99 Å². The van der Waals surface area contributed by atoms with Crippen LogP contribution in [0.3, 0.4) is 0 Å². The number of benzene rings is 6. The van der Waals surface area contributed by atoms with E-state index in [4.69, 9.17) is 15.5 Å². The zero-order chi connectivity index (χ0) is 25.5. The van der Waals surface area contributed by atoms with Gasteiger partial charge >= 0.3 is 0 Å². The third kappa shape index (κ3) is 3.88. The van der Waals surface area contributed by atoms with Crippen LogP contribution in [0, 0.1) is 0 Å². The van der Waals surface area contributed by atoms with Crippen LogP contribution in [0.15, 0.2) is 129 Å². The first-order valence-corrected chi connectivity index (χ1v) is 13.3. The number of ether oxygens (including phenoxy) is 1. The lowest BCUT2D eigenvalue weighted by Gasteiger charge is -2.19. The normalized spacial score (nSPS) is 13.1. The highest BCUT2D eigenvalue weighted by Gasteiger charge is 2.17. The molecule has 1 aliphatic heterocycles. The van der Waals surface area contributed by atoms with Gasteiger partial charge in [-0.15, -0.1) is 0 Å². The second kappa shape index (κ2) is 9.36. The fraction of sp³-hybridized carbons (Fsp3) is 0.0303. The quantitative estimate of drug-likeness (QED) is 0.148. The summed E-state index contributed by atoms with van der Waals surface area (Å²) in [4.78, 5) is 11.5. The summed E-state index contributed by atoms with van der Waals surface area (Å²) < 4.78 is 6.08. The van der Waals surface area contributed by atoms with Crippen LogP contribution < -0.4 is 10.5 Å². The van der Waals surface area contributed by atoms with Crippen molar-refractivity contribution < 1.29 is 4.74 Å². The van der Waals surface area contributed by atoms with Gasteiger partial charge in [0.2, 0.25) is 0 Å². The minimum absolute atomic E-state index is 0.485. The van der Waals surface area contributed by atoms with Crippen LogP contribution >= 0.6 is 11.8 Å². The van der Waals surface area contributed by atoms with Crippen LogP contribution in [0.5, 0.6) is 11.5 Å². The summed E-state index contributed by atoms with van der Waals surface area (Å²) in [5.41, 5.74) is 7.78. The second-order valence-electron chi connectivity index (χ2n) is 9.20. The SMILES string of the molecule is NC=NC(=NCc1ccc2c(c1)Sc1ccccc1O2)c1ccc2c3ccccc3c3ccccc3c2c1. The van der Waals surface area contributed by atoms with Crippen molar-refractivity contribution in [2.24, 2.45) is 15.7 Å². The van der Waals surface area contributed by atoms with Crippen molar-refractivity contribution in [1.29, 1.82) is 0 Å². The lowest BCUT2D eigenvalue weighted by Crippen LogP contribution is -2.03. The van der Waals surface area contributed by atoms with Gasteiger partial charge in [-0.3, -0.25) is 4.99 Å². The van der Waals surface area contributed by atoms with E-state index in [0.29, 0.717) is 12.4 Å². The van der Waals surface area contributed by atoms with Gasteiger partial charge in [0.1, 0.15) is 11.5 Å². The van der Waals surface area contributed by atoms with Crippen molar-refractivity contribution in [3.8, 4) is 11.5 Å². The van der Waals surface area contributed by atoms with Gasteiger partial charge in [-0.2, -0.15) is 0 Å². The Kier molecular flexibility index (Phi) is 5.56. The Morgan fingerprint density at radius 2 is 1.29 bits per heavy atom. The predicted octanol–water partition coefficient (Wildman–Crippen LogP) is 8.34. The van der Waals surface area contributed by atoms with E-state index >= 15 is 0 Å². The molecule has 0 aromatic heterocycles. The highest BCUT2D eigenvalue weighted by molar-refractivity contribution is 7.99. The molecule has 0 fully saturated rings. The molecule has 0 unspecified atom stereocenters. The Bertz CT molecular complexity index is 1890. The van der Waals surface area contributed by atoms with Gasteiger partial charge in [-0.05, 0) is 68.2 Å². The standard InChI is InChI=1S/C33H23N3OS/c34-20-36-33(35-19-21-13-16-30-32(17-21)38-31-12-6-5-11-29(31)37-30)22-14-15-27-25-9-2-1-7-23(25)24-8-3-4-10-26(24)28(27)18-22/h1-18,20H,19H2,(H2,34,35,36). The Morgan fingerprint density at radius 1 is 0.658 bits per heavy atom. The summed E-state index contributed by atoms with van der Waals surface area (Å²) in [7, 11) is 0. The lowest BCUT2D eigenvalue weighted by molar-refractivity contribution is 0.454. The van der Waals surface area contributed by atoms with E-state index in [1.807, 2.05) is 24.3 Å². The lowest BCUT2D eigenvalue weighted by atomic mass is 9.93. The molecule has 5 heteroatoms. The smallest absolute Gasteiger partial charge is 0.156 e. The molecule has 4 nitrogen and oxygen atoms in total. The number of hydrogen-bond acceptors (Lipinski definition) is 3. The maximum Gasteiger partial charge on any atom is 0.156 e. The average molecular weight is 510 g/mol. The van der Waals surface area contributed by atoms with E-state index in [-0.39, 0.29) is 0 Å². The van der Waals surface area contributed by atoms with Crippen LogP contribution in [0.25, 0.3) is 32.3 Å². The van der Waals surface area contributed by atoms with Crippen molar-refractivity contribution in [3.63, 3.8) is 0 Å². The van der Waals surface area contributed by atoms with Gasteiger partial charge in [0.05, 0.1) is 22.7 Å². The number of para-hydroxylation sites is 1. The second-order valence-corrected chi connectivity index (χ2v) is 10.3. The Labute approximate surface area is 224 Å².